The number of nitrogens with zero attached hydrogens (tertiary/aromatic N) is 4. The Labute approximate surface area is 229 Å². The largest absolute Gasteiger partial charge is 0.489 e. The van der Waals surface area contributed by atoms with E-state index in [1.807, 2.05) is 68.6 Å². The van der Waals surface area contributed by atoms with Gasteiger partial charge in [-0.1, -0.05) is 56.2 Å². The molecule has 7 heteroatoms. The Morgan fingerprint density at radius 1 is 1.13 bits per heavy atom. The van der Waals surface area contributed by atoms with E-state index in [2.05, 4.69) is 37.8 Å². The lowest BCUT2D eigenvalue weighted by molar-refractivity contribution is -0.137. The number of ether oxygens (including phenoxy) is 1. The summed E-state index contributed by atoms with van der Waals surface area (Å²) in [6.45, 7) is 9.93. The second-order valence-electron chi connectivity index (χ2n) is 10.3. The Kier molecular flexibility index (Phi) is 8.02. The molecule has 0 radical (unpaired) electrons. The van der Waals surface area contributed by atoms with Crippen molar-refractivity contribution in [1.82, 2.24) is 14.6 Å². The predicted octanol–water partition coefficient (Wildman–Crippen LogP) is 6.48. The van der Waals surface area contributed by atoms with Gasteiger partial charge in [0.05, 0.1) is 23.8 Å². The van der Waals surface area contributed by atoms with Gasteiger partial charge in [-0.3, -0.25) is 4.79 Å². The van der Waals surface area contributed by atoms with Crippen molar-refractivity contribution in [3.05, 3.63) is 83.3 Å². The van der Waals surface area contributed by atoms with Crippen LogP contribution in [0.3, 0.4) is 0 Å². The van der Waals surface area contributed by atoms with Crippen LogP contribution in [0, 0.1) is 23.2 Å². The van der Waals surface area contributed by atoms with Gasteiger partial charge in [-0.15, -0.1) is 5.92 Å². The van der Waals surface area contributed by atoms with Crippen molar-refractivity contribution in [2.45, 2.75) is 64.9 Å². The van der Waals surface area contributed by atoms with Crippen molar-refractivity contribution in [3.63, 3.8) is 0 Å². The number of carbonyl (C=O) groups is 1. The number of nitriles is 1. The second kappa shape index (κ2) is 11.4. The number of benzene rings is 2. The van der Waals surface area contributed by atoms with Crippen LogP contribution in [0.25, 0.3) is 16.8 Å². The summed E-state index contributed by atoms with van der Waals surface area (Å²) in [4.78, 5) is 16.1. The number of carboxylic acids is 1. The fourth-order valence-corrected chi connectivity index (χ4v) is 4.47. The Morgan fingerprint density at radius 2 is 1.85 bits per heavy atom. The zero-order valence-corrected chi connectivity index (χ0v) is 22.9. The highest BCUT2D eigenvalue weighted by Crippen LogP contribution is 2.35. The number of aromatic nitrogens is 3. The Hall–Kier alpha value is -4.62. The Morgan fingerprint density at radius 3 is 2.49 bits per heavy atom. The molecule has 0 amide bonds. The molecule has 4 aromatic rings. The van der Waals surface area contributed by atoms with Gasteiger partial charge in [-0.05, 0) is 55.7 Å². The molecular formula is C32H32N4O3. The molecule has 1 atom stereocenters. The first kappa shape index (κ1) is 27.4. The summed E-state index contributed by atoms with van der Waals surface area (Å²) in [7, 11) is 0. The van der Waals surface area contributed by atoms with Crippen LogP contribution in [-0.4, -0.2) is 25.7 Å². The summed E-state index contributed by atoms with van der Waals surface area (Å²) in [6.07, 6.45) is 1.87. The van der Waals surface area contributed by atoms with E-state index in [1.54, 1.807) is 11.4 Å². The van der Waals surface area contributed by atoms with Gasteiger partial charge in [0.2, 0.25) is 0 Å². The fraction of sp³-hybridized carbons (Fsp3) is 0.312. The molecule has 39 heavy (non-hydrogen) atoms. The normalized spacial score (nSPS) is 12.0. The maximum atomic E-state index is 11.2. The van der Waals surface area contributed by atoms with Gasteiger partial charge >= 0.3 is 5.97 Å². The number of hydrogen-bond donors (Lipinski definition) is 1. The van der Waals surface area contributed by atoms with Gasteiger partial charge in [0.25, 0.3) is 0 Å². The van der Waals surface area contributed by atoms with Crippen molar-refractivity contribution in [2.24, 2.45) is 0 Å². The monoisotopic (exact) mass is 520 g/mol. The highest BCUT2D eigenvalue weighted by molar-refractivity contribution is 5.81. The number of fused-ring (bicyclic) bond motifs is 1. The van der Waals surface area contributed by atoms with E-state index in [0.29, 0.717) is 5.75 Å². The minimum absolute atomic E-state index is 0.0514. The van der Waals surface area contributed by atoms with Crippen LogP contribution < -0.4 is 4.74 Å². The standard InChI is InChI=1S/C32H32N4O3/c1-6-9-24(17-29(37)38)23-12-14-25(15-13-23)39-19-22-16-27(31-34-30(21(2)3)35-36(31)18-22)26-10-7-8-11-28(26)32(4,5)20-33/h7-8,10-16,18,21,24H,17,19H2,1-5H3,(H,37,38)/t24-/m0/s1. The van der Waals surface area contributed by atoms with E-state index < -0.39 is 11.4 Å². The molecule has 2 aromatic heterocycles. The molecule has 0 fully saturated rings. The minimum atomic E-state index is -0.886. The molecule has 0 spiro atoms. The molecule has 0 saturated carbocycles. The van der Waals surface area contributed by atoms with Crippen LogP contribution >= 0.6 is 0 Å². The molecule has 0 saturated heterocycles. The molecular weight excluding hydrogens is 488 g/mol. The molecule has 7 nitrogen and oxygen atoms in total. The van der Waals surface area contributed by atoms with Crippen molar-refractivity contribution < 1.29 is 14.6 Å². The Balaban J connectivity index is 1.69. The van der Waals surface area contributed by atoms with E-state index in [1.165, 1.54) is 0 Å². The summed E-state index contributed by atoms with van der Waals surface area (Å²) in [5, 5.41) is 23.8. The van der Waals surface area contributed by atoms with E-state index in [-0.39, 0.29) is 24.9 Å². The van der Waals surface area contributed by atoms with Crippen molar-refractivity contribution in [1.29, 1.82) is 5.26 Å². The quantitative estimate of drug-likeness (QED) is 0.254. The van der Waals surface area contributed by atoms with Crippen LogP contribution in [0.5, 0.6) is 5.75 Å². The molecule has 4 rings (SSSR count). The van der Waals surface area contributed by atoms with Crippen LogP contribution in [0.15, 0.2) is 60.8 Å². The number of carboxylic acid groups (broad SMARTS) is 1. The molecule has 0 unspecified atom stereocenters. The highest BCUT2D eigenvalue weighted by atomic mass is 16.5. The lowest BCUT2D eigenvalue weighted by Crippen LogP contribution is -2.15. The zero-order chi connectivity index (χ0) is 28.2. The maximum Gasteiger partial charge on any atom is 0.304 e. The third-order valence-electron chi connectivity index (χ3n) is 6.58. The van der Waals surface area contributed by atoms with Crippen molar-refractivity contribution >= 4 is 11.6 Å². The topological polar surface area (TPSA) is 101 Å². The molecule has 2 aromatic carbocycles. The predicted molar refractivity (Wildman–Crippen MR) is 150 cm³/mol. The van der Waals surface area contributed by atoms with E-state index in [4.69, 9.17) is 14.8 Å². The van der Waals surface area contributed by atoms with Gasteiger partial charge in [0.15, 0.2) is 11.5 Å². The van der Waals surface area contributed by atoms with Crippen molar-refractivity contribution in [3.8, 4) is 34.8 Å². The van der Waals surface area contributed by atoms with Crippen LogP contribution in [0.4, 0.5) is 0 Å². The Bertz CT molecular complexity index is 1600. The lowest BCUT2D eigenvalue weighted by atomic mass is 9.81. The summed E-state index contributed by atoms with van der Waals surface area (Å²) < 4.78 is 7.91. The van der Waals surface area contributed by atoms with Crippen LogP contribution in [0.2, 0.25) is 0 Å². The minimum Gasteiger partial charge on any atom is -0.489 e. The van der Waals surface area contributed by atoms with Gasteiger partial charge in [0, 0.05) is 23.2 Å². The second-order valence-corrected chi connectivity index (χ2v) is 10.3. The number of hydrogen-bond acceptors (Lipinski definition) is 5. The smallest absolute Gasteiger partial charge is 0.304 e. The van der Waals surface area contributed by atoms with Gasteiger partial charge in [-0.2, -0.15) is 10.4 Å². The average molecular weight is 521 g/mol. The number of pyridine rings is 1. The lowest BCUT2D eigenvalue weighted by Gasteiger charge is -2.21. The zero-order valence-electron chi connectivity index (χ0n) is 22.9. The van der Waals surface area contributed by atoms with E-state index in [0.717, 1.165) is 39.3 Å². The first-order valence-electron chi connectivity index (χ1n) is 12.9. The number of rotatable bonds is 9. The molecule has 198 valence electrons. The summed E-state index contributed by atoms with van der Waals surface area (Å²) in [5.41, 5.74) is 4.51. The molecule has 0 aliphatic rings. The SMILES string of the molecule is CC#C[C@@H](CC(=O)O)c1ccc(OCc2cc(-c3ccccc3C(C)(C)C#N)c3nc(C(C)C)nn3c2)cc1. The summed E-state index contributed by atoms with van der Waals surface area (Å²) >= 11 is 0. The van der Waals surface area contributed by atoms with Crippen LogP contribution in [0.1, 0.15) is 75.4 Å². The molecule has 0 bridgehead atoms. The molecule has 1 N–H and O–H groups in total. The third-order valence-corrected chi connectivity index (χ3v) is 6.58. The third kappa shape index (κ3) is 6.10. The van der Waals surface area contributed by atoms with Crippen LogP contribution in [-0.2, 0) is 16.8 Å². The van der Waals surface area contributed by atoms with E-state index in [9.17, 15) is 15.2 Å². The van der Waals surface area contributed by atoms with Crippen molar-refractivity contribution in [2.75, 3.05) is 0 Å². The average Bonchev–Trinajstić information content (AvgIpc) is 3.36. The molecule has 2 heterocycles. The highest BCUT2D eigenvalue weighted by Gasteiger charge is 2.25. The molecule has 0 aliphatic heterocycles. The first-order valence-corrected chi connectivity index (χ1v) is 12.9. The van der Waals surface area contributed by atoms with Gasteiger partial charge < -0.3 is 9.84 Å². The maximum absolute atomic E-state index is 11.2. The summed E-state index contributed by atoms with van der Waals surface area (Å²) in [6, 6.07) is 19.8. The van der Waals surface area contributed by atoms with Gasteiger partial charge in [0.1, 0.15) is 12.4 Å². The van der Waals surface area contributed by atoms with Gasteiger partial charge in [-0.25, -0.2) is 9.50 Å². The molecule has 0 aliphatic carbocycles. The number of aliphatic carboxylic acids is 1. The fourth-order valence-electron chi connectivity index (χ4n) is 4.47. The summed E-state index contributed by atoms with van der Waals surface area (Å²) in [5.74, 6) is 6.09. The first-order chi connectivity index (χ1) is 18.6. The van der Waals surface area contributed by atoms with E-state index >= 15 is 0 Å².